The van der Waals surface area contributed by atoms with Gasteiger partial charge in [-0.3, -0.25) is 9.59 Å². The van der Waals surface area contributed by atoms with Crippen molar-refractivity contribution in [2.24, 2.45) is 0 Å². The Hall–Kier alpha value is -2.09. The summed E-state index contributed by atoms with van der Waals surface area (Å²) in [6.45, 7) is 2.14. The Morgan fingerprint density at radius 1 is 0.800 bits per heavy atom. The van der Waals surface area contributed by atoms with E-state index in [1.54, 1.807) is 28.0 Å². The number of para-hydroxylation sites is 1. The predicted molar refractivity (Wildman–Crippen MR) is 104 cm³/mol. The summed E-state index contributed by atoms with van der Waals surface area (Å²) in [4.78, 5) is 28.9. The van der Waals surface area contributed by atoms with Gasteiger partial charge in [0.2, 0.25) is 0 Å². The van der Waals surface area contributed by atoms with Crippen LogP contribution in [0.2, 0.25) is 0 Å². The second-order valence-corrected chi connectivity index (χ2v) is 7.10. The lowest BCUT2D eigenvalue weighted by atomic mass is 10.1. The van der Waals surface area contributed by atoms with Crippen molar-refractivity contribution in [2.45, 2.75) is 6.42 Å². The summed E-state index contributed by atoms with van der Waals surface area (Å²) in [5, 5.41) is 9.89. The number of carbonyl (C=O) groups excluding carboxylic acids is 2. The van der Waals surface area contributed by atoms with Gasteiger partial charge < -0.3 is 14.9 Å². The van der Waals surface area contributed by atoms with Gasteiger partial charge >= 0.3 is 0 Å². The molecule has 0 unspecified atom stereocenters. The van der Waals surface area contributed by atoms with Crippen LogP contribution in [0, 0.1) is 3.57 Å². The molecular weight excluding hydrogens is 431 g/mol. The van der Waals surface area contributed by atoms with E-state index in [0.717, 1.165) is 3.57 Å². The zero-order chi connectivity index (χ0) is 17.8. The number of carbonyl (C=O) groups is 2. The van der Waals surface area contributed by atoms with Crippen LogP contribution in [0.1, 0.15) is 27.1 Å². The molecule has 0 spiro atoms. The first-order chi connectivity index (χ1) is 12.1. The topological polar surface area (TPSA) is 60.9 Å². The number of amides is 2. The van der Waals surface area contributed by atoms with Crippen LogP contribution >= 0.6 is 22.6 Å². The largest absolute Gasteiger partial charge is 0.507 e. The molecule has 2 aromatic rings. The van der Waals surface area contributed by atoms with Gasteiger partial charge in [0.05, 0.1) is 11.1 Å². The standard InChI is InChI=1S/C19H19IN2O3/c20-16-8-3-1-6-14(16)18(24)21-10-5-11-22(13-12-21)19(25)15-7-2-4-9-17(15)23/h1-4,6-9,23H,5,10-13H2. The van der Waals surface area contributed by atoms with Crippen LogP contribution in [0.5, 0.6) is 5.75 Å². The number of rotatable bonds is 2. The SMILES string of the molecule is O=C(c1ccccc1O)N1CCCN(C(=O)c2ccccc2I)CC1. The number of halogens is 1. The number of hydrogen-bond acceptors (Lipinski definition) is 3. The molecule has 130 valence electrons. The monoisotopic (exact) mass is 450 g/mol. The van der Waals surface area contributed by atoms with Crippen LogP contribution in [-0.4, -0.2) is 52.9 Å². The first-order valence-electron chi connectivity index (χ1n) is 8.19. The Morgan fingerprint density at radius 2 is 1.32 bits per heavy atom. The fourth-order valence-corrected chi connectivity index (χ4v) is 3.57. The molecule has 0 atom stereocenters. The molecule has 3 rings (SSSR count). The van der Waals surface area contributed by atoms with Crippen molar-refractivity contribution in [3.05, 3.63) is 63.2 Å². The quantitative estimate of drug-likeness (QED) is 0.716. The maximum absolute atomic E-state index is 12.8. The van der Waals surface area contributed by atoms with Crippen LogP contribution in [0.15, 0.2) is 48.5 Å². The molecule has 0 bridgehead atoms. The van der Waals surface area contributed by atoms with Crippen LogP contribution in [0.25, 0.3) is 0 Å². The van der Waals surface area contributed by atoms with Crippen molar-refractivity contribution in [3.8, 4) is 5.75 Å². The van der Waals surface area contributed by atoms with E-state index < -0.39 is 0 Å². The fraction of sp³-hybridized carbons (Fsp3) is 0.263. The molecule has 0 aliphatic carbocycles. The van der Waals surface area contributed by atoms with Gasteiger partial charge in [-0.1, -0.05) is 24.3 Å². The second kappa shape index (κ2) is 7.86. The van der Waals surface area contributed by atoms with E-state index in [0.29, 0.717) is 43.7 Å². The number of nitrogens with zero attached hydrogens (tertiary/aromatic N) is 2. The molecule has 0 aromatic heterocycles. The van der Waals surface area contributed by atoms with Gasteiger partial charge in [-0.05, 0) is 53.3 Å². The molecule has 1 N–H and O–H groups in total. The van der Waals surface area contributed by atoms with Crippen LogP contribution in [-0.2, 0) is 0 Å². The molecule has 0 radical (unpaired) electrons. The van der Waals surface area contributed by atoms with Gasteiger partial charge in [0.1, 0.15) is 5.75 Å². The Balaban J connectivity index is 1.70. The minimum Gasteiger partial charge on any atom is -0.507 e. The molecule has 2 amide bonds. The maximum atomic E-state index is 12.8. The molecule has 1 fully saturated rings. The fourth-order valence-electron chi connectivity index (χ4n) is 2.95. The Labute approximate surface area is 160 Å². The third kappa shape index (κ3) is 3.95. The van der Waals surface area contributed by atoms with Crippen LogP contribution in [0.3, 0.4) is 0 Å². The zero-order valence-corrected chi connectivity index (χ0v) is 15.8. The number of aromatic hydroxyl groups is 1. The first-order valence-corrected chi connectivity index (χ1v) is 9.27. The van der Waals surface area contributed by atoms with E-state index in [4.69, 9.17) is 0 Å². The molecule has 2 aromatic carbocycles. The smallest absolute Gasteiger partial charge is 0.257 e. The highest BCUT2D eigenvalue weighted by atomic mass is 127. The van der Waals surface area contributed by atoms with E-state index in [1.807, 2.05) is 24.3 Å². The summed E-state index contributed by atoms with van der Waals surface area (Å²) in [6.07, 6.45) is 0.717. The Bertz CT molecular complexity index is 728. The van der Waals surface area contributed by atoms with Crippen LogP contribution < -0.4 is 0 Å². The summed E-state index contributed by atoms with van der Waals surface area (Å²) in [7, 11) is 0. The molecule has 25 heavy (non-hydrogen) atoms. The minimum absolute atomic E-state index is 0.00172. The predicted octanol–water partition coefficient (Wildman–Crippen LogP) is 2.99. The van der Waals surface area contributed by atoms with Crippen LogP contribution in [0.4, 0.5) is 0 Å². The van der Waals surface area contributed by atoms with Gasteiger partial charge in [0.15, 0.2) is 0 Å². The van der Waals surface area contributed by atoms with Crippen molar-refractivity contribution in [2.75, 3.05) is 26.2 Å². The molecule has 1 saturated heterocycles. The average Bonchev–Trinajstić information content (AvgIpc) is 2.87. The summed E-state index contributed by atoms with van der Waals surface area (Å²) < 4.78 is 0.927. The van der Waals surface area contributed by atoms with E-state index in [-0.39, 0.29) is 17.6 Å². The molecule has 1 heterocycles. The molecule has 5 nitrogen and oxygen atoms in total. The molecule has 1 aliphatic rings. The van der Waals surface area contributed by atoms with E-state index in [9.17, 15) is 14.7 Å². The zero-order valence-electron chi connectivity index (χ0n) is 13.7. The van der Waals surface area contributed by atoms with Gasteiger partial charge in [-0.2, -0.15) is 0 Å². The van der Waals surface area contributed by atoms with E-state index >= 15 is 0 Å². The normalized spacial score (nSPS) is 14.9. The van der Waals surface area contributed by atoms with Gasteiger partial charge in [-0.25, -0.2) is 0 Å². The lowest BCUT2D eigenvalue weighted by Crippen LogP contribution is -2.37. The third-order valence-electron chi connectivity index (χ3n) is 4.31. The highest BCUT2D eigenvalue weighted by molar-refractivity contribution is 14.1. The van der Waals surface area contributed by atoms with Gasteiger partial charge in [0, 0.05) is 29.7 Å². The summed E-state index contributed by atoms with van der Waals surface area (Å²) in [6, 6.07) is 14.1. The molecule has 6 heteroatoms. The lowest BCUT2D eigenvalue weighted by Gasteiger charge is -2.23. The maximum Gasteiger partial charge on any atom is 0.257 e. The van der Waals surface area contributed by atoms with Crippen molar-refractivity contribution >= 4 is 34.4 Å². The average molecular weight is 450 g/mol. The Morgan fingerprint density at radius 3 is 1.92 bits per heavy atom. The van der Waals surface area contributed by atoms with Crippen molar-refractivity contribution in [3.63, 3.8) is 0 Å². The third-order valence-corrected chi connectivity index (χ3v) is 5.25. The number of benzene rings is 2. The van der Waals surface area contributed by atoms with Crippen molar-refractivity contribution in [1.82, 2.24) is 9.80 Å². The lowest BCUT2D eigenvalue weighted by molar-refractivity contribution is 0.0716. The van der Waals surface area contributed by atoms with E-state index in [1.165, 1.54) is 6.07 Å². The number of hydrogen-bond donors (Lipinski definition) is 1. The van der Waals surface area contributed by atoms with Crippen molar-refractivity contribution < 1.29 is 14.7 Å². The van der Waals surface area contributed by atoms with E-state index in [2.05, 4.69) is 22.6 Å². The highest BCUT2D eigenvalue weighted by Crippen LogP contribution is 2.20. The summed E-state index contributed by atoms with van der Waals surface area (Å²) in [5.41, 5.74) is 1.00. The number of phenols is 1. The Kier molecular flexibility index (Phi) is 5.57. The second-order valence-electron chi connectivity index (χ2n) is 5.93. The van der Waals surface area contributed by atoms with Crippen molar-refractivity contribution in [1.29, 1.82) is 0 Å². The summed E-state index contributed by atoms with van der Waals surface area (Å²) >= 11 is 2.17. The molecular formula is C19H19IN2O3. The molecule has 0 saturated carbocycles. The number of phenolic OH excluding ortho intramolecular Hbond substituents is 1. The first kappa shape index (κ1) is 17.7. The highest BCUT2D eigenvalue weighted by Gasteiger charge is 2.25. The summed E-state index contributed by atoms with van der Waals surface area (Å²) in [5.74, 6) is -0.202. The minimum atomic E-state index is -0.193. The van der Waals surface area contributed by atoms with Gasteiger partial charge in [-0.15, -0.1) is 0 Å². The van der Waals surface area contributed by atoms with Gasteiger partial charge in [0.25, 0.3) is 11.8 Å². The molecule has 1 aliphatic heterocycles.